The maximum atomic E-state index is 9.43. The Kier molecular flexibility index (Phi) is 4.70. The van der Waals surface area contributed by atoms with Gasteiger partial charge in [0.2, 0.25) is 0 Å². The Morgan fingerprint density at radius 2 is 1.26 bits per heavy atom. The van der Waals surface area contributed by atoms with Crippen LogP contribution in [0.5, 0.6) is 5.75 Å². The van der Waals surface area contributed by atoms with Crippen molar-refractivity contribution in [3.63, 3.8) is 0 Å². The molecule has 0 bridgehead atoms. The van der Waals surface area contributed by atoms with E-state index in [0.717, 1.165) is 16.7 Å². The molecule has 1 heteroatoms. The van der Waals surface area contributed by atoms with E-state index in [4.69, 9.17) is 0 Å². The normalized spacial score (nSPS) is 11.7. The van der Waals surface area contributed by atoms with Crippen LogP contribution in [0.15, 0.2) is 91.0 Å². The summed E-state index contributed by atoms with van der Waals surface area (Å²) >= 11 is 0. The summed E-state index contributed by atoms with van der Waals surface area (Å²) < 4.78 is 0. The minimum atomic E-state index is 0.281. The summed E-state index contributed by atoms with van der Waals surface area (Å²) in [6.45, 7) is 0. The van der Waals surface area contributed by atoms with Gasteiger partial charge in [-0.1, -0.05) is 84.9 Å². The first-order valence-electron chi connectivity index (χ1n) is 7.60. The van der Waals surface area contributed by atoms with Gasteiger partial charge < -0.3 is 5.11 Å². The maximum Gasteiger partial charge on any atom is 0.115 e. The van der Waals surface area contributed by atoms with E-state index in [-0.39, 0.29) is 5.75 Å². The summed E-state index contributed by atoms with van der Waals surface area (Å²) in [5.41, 5.74) is 4.51. The second-order valence-electron chi connectivity index (χ2n) is 5.30. The fourth-order valence-corrected chi connectivity index (χ4v) is 2.36. The van der Waals surface area contributed by atoms with Crippen LogP contribution in [0.1, 0.15) is 16.7 Å². The average Bonchev–Trinajstić information content (AvgIpc) is 2.62. The lowest BCUT2D eigenvalue weighted by molar-refractivity contribution is 0.475. The summed E-state index contributed by atoms with van der Waals surface area (Å²) in [5.74, 6) is 0.281. The highest BCUT2D eigenvalue weighted by Gasteiger charge is 1.98. The number of hydrogen-bond acceptors (Lipinski definition) is 1. The highest BCUT2D eigenvalue weighted by molar-refractivity contribution is 5.90. The smallest absolute Gasteiger partial charge is 0.115 e. The standard InChI is InChI=1S/C22H18O/c23-22-15-12-19(13-16-22)17-21(20-9-5-2-6-10-20)14-11-18-7-3-1-4-8-18/h1-17,23H. The van der Waals surface area contributed by atoms with E-state index in [0.29, 0.717) is 0 Å². The third kappa shape index (κ3) is 4.21. The van der Waals surface area contributed by atoms with E-state index in [1.165, 1.54) is 5.56 Å². The number of benzene rings is 3. The molecule has 1 N–H and O–H groups in total. The molecule has 0 aliphatic carbocycles. The van der Waals surface area contributed by atoms with E-state index in [1.807, 2.05) is 48.5 Å². The molecule has 1 nitrogen and oxygen atoms in total. The summed E-state index contributed by atoms with van der Waals surface area (Å²) in [5, 5.41) is 9.43. The van der Waals surface area contributed by atoms with Crippen molar-refractivity contribution in [3.05, 3.63) is 108 Å². The van der Waals surface area contributed by atoms with Gasteiger partial charge >= 0.3 is 0 Å². The minimum Gasteiger partial charge on any atom is -0.508 e. The number of allylic oxidation sites excluding steroid dienone is 2. The summed E-state index contributed by atoms with van der Waals surface area (Å²) in [6, 6.07) is 27.8. The van der Waals surface area contributed by atoms with Crippen molar-refractivity contribution in [2.24, 2.45) is 0 Å². The van der Waals surface area contributed by atoms with Gasteiger partial charge in [-0.2, -0.15) is 0 Å². The molecule has 0 fully saturated rings. The van der Waals surface area contributed by atoms with Gasteiger partial charge in [-0.3, -0.25) is 0 Å². The van der Waals surface area contributed by atoms with Crippen molar-refractivity contribution in [2.75, 3.05) is 0 Å². The first-order chi connectivity index (χ1) is 11.3. The molecular weight excluding hydrogens is 280 g/mol. The van der Waals surface area contributed by atoms with E-state index in [1.54, 1.807) is 12.1 Å². The van der Waals surface area contributed by atoms with Crippen LogP contribution in [0.2, 0.25) is 0 Å². The Labute approximate surface area is 136 Å². The molecule has 0 aromatic heterocycles. The number of hydrogen-bond donors (Lipinski definition) is 1. The van der Waals surface area contributed by atoms with Gasteiger partial charge in [0.05, 0.1) is 0 Å². The van der Waals surface area contributed by atoms with Crippen molar-refractivity contribution in [1.82, 2.24) is 0 Å². The topological polar surface area (TPSA) is 20.2 Å². The number of phenols is 1. The van der Waals surface area contributed by atoms with Gasteiger partial charge in [-0.25, -0.2) is 0 Å². The predicted molar refractivity (Wildman–Crippen MR) is 97.9 cm³/mol. The molecule has 0 spiro atoms. The van der Waals surface area contributed by atoms with E-state index >= 15 is 0 Å². The Hall–Kier alpha value is -3.06. The average molecular weight is 298 g/mol. The van der Waals surface area contributed by atoms with Crippen LogP contribution in [0.25, 0.3) is 17.7 Å². The number of rotatable bonds is 4. The molecule has 3 rings (SSSR count). The zero-order valence-electron chi connectivity index (χ0n) is 12.8. The van der Waals surface area contributed by atoms with Crippen LogP contribution < -0.4 is 0 Å². The zero-order chi connectivity index (χ0) is 15.9. The molecule has 0 aliphatic rings. The molecule has 112 valence electrons. The van der Waals surface area contributed by atoms with Gasteiger partial charge in [0.15, 0.2) is 0 Å². The van der Waals surface area contributed by atoms with Crippen LogP contribution >= 0.6 is 0 Å². The van der Waals surface area contributed by atoms with Crippen LogP contribution in [-0.4, -0.2) is 5.11 Å². The van der Waals surface area contributed by atoms with Crippen LogP contribution in [0, 0.1) is 0 Å². The Morgan fingerprint density at radius 1 is 0.652 bits per heavy atom. The van der Waals surface area contributed by atoms with Crippen LogP contribution in [0.4, 0.5) is 0 Å². The van der Waals surface area contributed by atoms with Crippen molar-refractivity contribution in [2.45, 2.75) is 0 Å². The molecule has 0 atom stereocenters. The summed E-state index contributed by atoms with van der Waals surface area (Å²) in [4.78, 5) is 0. The van der Waals surface area contributed by atoms with Crippen LogP contribution in [-0.2, 0) is 0 Å². The summed E-state index contributed by atoms with van der Waals surface area (Å²) in [7, 11) is 0. The fourth-order valence-electron chi connectivity index (χ4n) is 2.36. The van der Waals surface area contributed by atoms with Gasteiger partial charge in [0, 0.05) is 0 Å². The lowest BCUT2D eigenvalue weighted by Gasteiger charge is -2.04. The lowest BCUT2D eigenvalue weighted by Crippen LogP contribution is -1.81. The van der Waals surface area contributed by atoms with E-state index in [9.17, 15) is 5.11 Å². The fraction of sp³-hybridized carbons (Fsp3) is 0. The molecular formula is C22H18O. The Bertz CT molecular complexity index is 798. The molecule has 3 aromatic carbocycles. The maximum absolute atomic E-state index is 9.43. The van der Waals surface area contributed by atoms with Crippen molar-refractivity contribution in [1.29, 1.82) is 0 Å². The van der Waals surface area contributed by atoms with Gasteiger partial charge in [0.1, 0.15) is 5.75 Å². The molecule has 0 radical (unpaired) electrons. The first-order valence-corrected chi connectivity index (χ1v) is 7.60. The number of aromatic hydroxyl groups is 1. The Balaban J connectivity index is 1.97. The Morgan fingerprint density at radius 3 is 1.91 bits per heavy atom. The highest BCUT2D eigenvalue weighted by Crippen LogP contribution is 2.22. The van der Waals surface area contributed by atoms with Gasteiger partial charge in [0.25, 0.3) is 0 Å². The molecule has 3 aromatic rings. The third-order valence-electron chi connectivity index (χ3n) is 3.58. The SMILES string of the molecule is Oc1ccc(C=C(C=Cc2ccccc2)c2ccccc2)cc1. The highest BCUT2D eigenvalue weighted by atomic mass is 16.3. The molecule has 0 saturated carbocycles. The molecule has 0 unspecified atom stereocenters. The zero-order valence-corrected chi connectivity index (χ0v) is 12.8. The second-order valence-corrected chi connectivity index (χ2v) is 5.30. The molecule has 0 saturated heterocycles. The molecule has 0 heterocycles. The quantitative estimate of drug-likeness (QED) is 0.487. The predicted octanol–water partition coefficient (Wildman–Crippen LogP) is 5.65. The minimum absolute atomic E-state index is 0.281. The summed E-state index contributed by atoms with van der Waals surface area (Å²) in [6.07, 6.45) is 6.35. The second kappa shape index (κ2) is 7.28. The van der Waals surface area contributed by atoms with E-state index in [2.05, 4.69) is 42.5 Å². The monoisotopic (exact) mass is 298 g/mol. The van der Waals surface area contributed by atoms with E-state index < -0.39 is 0 Å². The van der Waals surface area contributed by atoms with Crippen LogP contribution in [0.3, 0.4) is 0 Å². The van der Waals surface area contributed by atoms with Crippen molar-refractivity contribution >= 4 is 17.7 Å². The van der Waals surface area contributed by atoms with Gasteiger partial charge in [-0.05, 0) is 40.5 Å². The molecule has 0 amide bonds. The largest absolute Gasteiger partial charge is 0.508 e. The lowest BCUT2D eigenvalue weighted by atomic mass is 10.0. The van der Waals surface area contributed by atoms with Crippen molar-refractivity contribution < 1.29 is 5.11 Å². The molecule has 23 heavy (non-hydrogen) atoms. The van der Waals surface area contributed by atoms with Gasteiger partial charge in [-0.15, -0.1) is 0 Å². The third-order valence-corrected chi connectivity index (χ3v) is 3.58. The first kappa shape index (κ1) is 14.9. The number of phenolic OH excluding ortho intramolecular Hbond substituents is 1. The van der Waals surface area contributed by atoms with Crippen molar-refractivity contribution in [3.8, 4) is 5.75 Å². The molecule has 0 aliphatic heterocycles.